The molecule has 3 atom stereocenters. The van der Waals surface area contributed by atoms with Crippen LogP contribution in [0, 0.1) is 17.8 Å². The number of fused-ring (bicyclic) bond motifs is 3. The van der Waals surface area contributed by atoms with Crippen LogP contribution in [0.4, 0.5) is 0 Å². The Morgan fingerprint density at radius 2 is 2.50 bits per heavy atom. The highest BCUT2D eigenvalue weighted by Crippen LogP contribution is 2.67. The van der Waals surface area contributed by atoms with Crippen LogP contribution in [0.2, 0.25) is 0 Å². The number of hydrogen-bond donors (Lipinski definition) is 0. The lowest BCUT2D eigenvalue weighted by atomic mass is 10.2. The average Bonchev–Trinajstić information content (AvgIpc) is 2.57. The molecule has 2 fully saturated rings. The molecule has 0 heteroatoms. The van der Waals surface area contributed by atoms with E-state index in [4.69, 9.17) is 0 Å². The Balaban J connectivity index is 2.12. The first-order chi connectivity index (χ1) is 3.88. The zero-order valence-electron chi connectivity index (χ0n) is 4.72. The molecule has 0 aliphatic heterocycles. The average molecular weight is 104 g/mol. The zero-order chi connectivity index (χ0) is 5.30. The minimum absolute atomic E-state index is 0.889. The maximum absolute atomic E-state index is 3.99. The Morgan fingerprint density at radius 3 is 3.00 bits per heavy atom. The van der Waals surface area contributed by atoms with E-state index in [2.05, 4.69) is 12.7 Å². The smallest absolute Gasteiger partial charge is 0.00794 e. The van der Waals surface area contributed by atoms with Crippen LogP contribution in [0.15, 0.2) is 23.8 Å². The third-order valence-electron chi connectivity index (χ3n) is 2.75. The number of hydrogen-bond acceptors (Lipinski definition) is 0. The summed E-state index contributed by atoms with van der Waals surface area (Å²) in [5, 5.41) is 0. The molecule has 3 unspecified atom stereocenters. The lowest BCUT2D eigenvalue weighted by molar-refractivity contribution is 0.749. The van der Waals surface area contributed by atoms with Crippen molar-refractivity contribution in [1.82, 2.24) is 0 Å². The van der Waals surface area contributed by atoms with Gasteiger partial charge in [-0.3, -0.25) is 0 Å². The van der Waals surface area contributed by atoms with E-state index in [1.54, 1.807) is 5.57 Å². The standard InChI is InChI=1S/C8H8/c1-4-6-2-5-3-7(5)8(4)6/h3,5-6,8H,1-2H2. The van der Waals surface area contributed by atoms with Crippen LogP contribution in [0.1, 0.15) is 6.42 Å². The van der Waals surface area contributed by atoms with Crippen molar-refractivity contribution in [3.63, 3.8) is 0 Å². The molecule has 0 amide bonds. The Bertz CT molecular complexity index is 210. The van der Waals surface area contributed by atoms with Crippen LogP contribution >= 0.6 is 0 Å². The van der Waals surface area contributed by atoms with Gasteiger partial charge in [-0.15, -0.1) is 0 Å². The van der Waals surface area contributed by atoms with Crippen molar-refractivity contribution < 1.29 is 0 Å². The summed E-state index contributed by atoms with van der Waals surface area (Å²) in [6.07, 6.45) is 3.82. The Hall–Kier alpha value is -0.520. The summed E-state index contributed by atoms with van der Waals surface area (Å²) in [7, 11) is 0. The number of rotatable bonds is 0. The van der Waals surface area contributed by atoms with Crippen molar-refractivity contribution in [3.05, 3.63) is 23.8 Å². The third-order valence-corrected chi connectivity index (χ3v) is 2.75. The molecule has 3 rings (SSSR count). The minimum Gasteiger partial charge on any atom is -0.0989 e. The first kappa shape index (κ1) is 3.49. The zero-order valence-corrected chi connectivity index (χ0v) is 4.72. The highest BCUT2D eigenvalue weighted by molar-refractivity contribution is 5.53. The molecule has 0 aromatic heterocycles. The fourth-order valence-corrected chi connectivity index (χ4v) is 2.11. The fourth-order valence-electron chi connectivity index (χ4n) is 2.11. The summed E-state index contributed by atoms with van der Waals surface area (Å²) in [6, 6.07) is 0. The summed E-state index contributed by atoms with van der Waals surface area (Å²) in [6.45, 7) is 3.99. The van der Waals surface area contributed by atoms with Gasteiger partial charge in [0.25, 0.3) is 0 Å². The van der Waals surface area contributed by atoms with E-state index in [-0.39, 0.29) is 0 Å². The van der Waals surface area contributed by atoms with Crippen molar-refractivity contribution in [2.45, 2.75) is 6.42 Å². The molecule has 0 saturated heterocycles. The SMILES string of the molecule is C=C1C2CC3C=C3C12. The monoisotopic (exact) mass is 104 g/mol. The molecular formula is C8H8. The van der Waals surface area contributed by atoms with Gasteiger partial charge in [-0.05, 0) is 18.3 Å². The molecule has 0 aromatic carbocycles. The van der Waals surface area contributed by atoms with Gasteiger partial charge < -0.3 is 0 Å². The van der Waals surface area contributed by atoms with Gasteiger partial charge in [0.1, 0.15) is 0 Å². The summed E-state index contributed by atoms with van der Waals surface area (Å²) in [5.74, 6) is 2.79. The topological polar surface area (TPSA) is 0 Å². The third kappa shape index (κ3) is 0.199. The lowest BCUT2D eigenvalue weighted by Crippen LogP contribution is -1.75. The predicted molar refractivity (Wildman–Crippen MR) is 32.3 cm³/mol. The van der Waals surface area contributed by atoms with E-state index in [1.165, 1.54) is 12.0 Å². The van der Waals surface area contributed by atoms with E-state index in [0.717, 1.165) is 17.8 Å². The summed E-state index contributed by atoms with van der Waals surface area (Å²) >= 11 is 0. The second-order valence-corrected chi connectivity index (χ2v) is 3.17. The first-order valence-corrected chi connectivity index (χ1v) is 3.28. The molecule has 0 N–H and O–H groups in total. The first-order valence-electron chi connectivity index (χ1n) is 3.28. The Kier molecular flexibility index (Phi) is 0.313. The summed E-state index contributed by atoms with van der Waals surface area (Å²) in [4.78, 5) is 0. The fraction of sp³-hybridized carbons (Fsp3) is 0.500. The van der Waals surface area contributed by atoms with Gasteiger partial charge in [0.05, 0.1) is 0 Å². The molecule has 0 radical (unpaired) electrons. The van der Waals surface area contributed by atoms with Gasteiger partial charge >= 0.3 is 0 Å². The van der Waals surface area contributed by atoms with Crippen LogP contribution in [0.25, 0.3) is 0 Å². The second-order valence-electron chi connectivity index (χ2n) is 3.17. The van der Waals surface area contributed by atoms with E-state index in [9.17, 15) is 0 Å². The lowest BCUT2D eigenvalue weighted by Gasteiger charge is -1.86. The van der Waals surface area contributed by atoms with Gasteiger partial charge in [-0.1, -0.05) is 23.8 Å². The molecule has 2 saturated carbocycles. The van der Waals surface area contributed by atoms with Crippen molar-refractivity contribution in [3.8, 4) is 0 Å². The summed E-state index contributed by atoms with van der Waals surface area (Å²) < 4.78 is 0. The molecule has 0 spiro atoms. The molecule has 8 heavy (non-hydrogen) atoms. The second kappa shape index (κ2) is 0.717. The van der Waals surface area contributed by atoms with E-state index in [0.29, 0.717) is 0 Å². The van der Waals surface area contributed by atoms with E-state index in [1.807, 2.05) is 0 Å². The van der Waals surface area contributed by atoms with Gasteiger partial charge in [-0.25, -0.2) is 0 Å². The predicted octanol–water partition coefficient (Wildman–Crippen LogP) is 1.75. The van der Waals surface area contributed by atoms with Crippen LogP contribution in [-0.2, 0) is 0 Å². The number of allylic oxidation sites excluding steroid dienone is 3. The van der Waals surface area contributed by atoms with E-state index < -0.39 is 0 Å². The van der Waals surface area contributed by atoms with Crippen molar-refractivity contribution in [2.75, 3.05) is 0 Å². The van der Waals surface area contributed by atoms with Gasteiger partial charge in [0.2, 0.25) is 0 Å². The van der Waals surface area contributed by atoms with Crippen LogP contribution in [0.3, 0.4) is 0 Å². The highest BCUT2D eigenvalue weighted by Gasteiger charge is 2.57. The maximum Gasteiger partial charge on any atom is 0.00794 e. The molecular weight excluding hydrogens is 96.1 g/mol. The molecule has 0 nitrogen and oxygen atoms in total. The highest BCUT2D eigenvalue weighted by atomic mass is 14.6. The van der Waals surface area contributed by atoms with Crippen molar-refractivity contribution in [2.24, 2.45) is 17.8 Å². The van der Waals surface area contributed by atoms with Crippen molar-refractivity contribution >= 4 is 0 Å². The van der Waals surface area contributed by atoms with Gasteiger partial charge in [0.15, 0.2) is 0 Å². The van der Waals surface area contributed by atoms with Crippen LogP contribution < -0.4 is 0 Å². The normalized spacial score (nSPS) is 54.8. The van der Waals surface area contributed by atoms with Crippen LogP contribution in [-0.4, -0.2) is 0 Å². The maximum atomic E-state index is 3.99. The Labute approximate surface area is 48.9 Å². The van der Waals surface area contributed by atoms with Gasteiger partial charge in [-0.2, -0.15) is 0 Å². The molecule has 3 aliphatic carbocycles. The molecule has 0 heterocycles. The van der Waals surface area contributed by atoms with Crippen molar-refractivity contribution in [1.29, 1.82) is 0 Å². The van der Waals surface area contributed by atoms with Gasteiger partial charge in [0, 0.05) is 5.92 Å². The van der Waals surface area contributed by atoms with Crippen LogP contribution in [0.5, 0.6) is 0 Å². The summed E-state index contributed by atoms with van der Waals surface area (Å²) in [5.41, 5.74) is 3.24. The molecule has 40 valence electrons. The molecule has 3 aliphatic rings. The molecule has 0 bridgehead atoms. The largest absolute Gasteiger partial charge is 0.0989 e. The molecule has 0 aromatic rings. The quantitative estimate of drug-likeness (QED) is 0.411. The minimum atomic E-state index is 0.889. The Morgan fingerprint density at radius 1 is 1.62 bits per heavy atom. The van der Waals surface area contributed by atoms with E-state index >= 15 is 0 Å².